The van der Waals surface area contributed by atoms with Crippen molar-refractivity contribution in [3.8, 4) is 0 Å². The van der Waals surface area contributed by atoms with Gasteiger partial charge >= 0.3 is 0 Å². The molecule has 1 saturated carbocycles. The summed E-state index contributed by atoms with van der Waals surface area (Å²) in [5, 5.41) is 0.534. The van der Waals surface area contributed by atoms with Crippen molar-refractivity contribution < 1.29 is 4.39 Å². The Hall–Kier alpha value is -0.750. The minimum Gasteiger partial charge on any atom is -0.369 e. The summed E-state index contributed by atoms with van der Waals surface area (Å²) in [6, 6.07) is 3.54. The van der Waals surface area contributed by atoms with E-state index in [1.54, 1.807) is 6.07 Å². The largest absolute Gasteiger partial charge is 0.369 e. The zero-order valence-corrected chi connectivity index (χ0v) is 13.0. The Labute approximate surface area is 123 Å². The maximum atomic E-state index is 13.8. The van der Waals surface area contributed by atoms with Crippen LogP contribution in [0.4, 0.5) is 10.3 Å². The van der Waals surface area contributed by atoms with Crippen molar-refractivity contribution in [3.63, 3.8) is 0 Å². The highest BCUT2D eigenvalue weighted by Gasteiger charge is 2.30. The van der Waals surface area contributed by atoms with Gasteiger partial charge in [-0.05, 0) is 41.1 Å². The number of imidazole rings is 1. The van der Waals surface area contributed by atoms with Crippen LogP contribution in [0.3, 0.4) is 0 Å². The van der Waals surface area contributed by atoms with Crippen LogP contribution in [0.1, 0.15) is 25.3 Å². The molecule has 0 aliphatic heterocycles. The summed E-state index contributed by atoms with van der Waals surface area (Å²) >= 11 is 5.05. The summed E-state index contributed by atoms with van der Waals surface area (Å²) in [5.41, 5.74) is 7.60. The first-order valence-corrected chi connectivity index (χ1v) is 8.35. The summed E-state index contributed by atoms with van der Waals surface area (Å²) in [5.74, 6) is 0.214. The predicted octanol–water partition coefficient (Wildman–Crippen LogP) is 3.98. The van der Waals surface area contributed by atoms with Crippen molar-refractivity contribution in [2.45, 2.75) is 30.6 Å². The fourth-order valence-electron chi connectivity index (χ4n) is 2.93. The summed E-state index contributed by atoms with van der Waals surface area (Å²) < 4.78 is 16.2. The molecule has 0 amide bonds. The van der Waals surface area contributed by atoms with Gasteiger partial charge in [-0.15, -0.1) is 0 Å². The zero-order chi connectivity index (χ0) is 13.6. The number of nitrogens with zero attached hydrogens (tertiary/aromatic N) is 2. The second-order valence-corrected chi connectivity index (χ2v) is 6.80. The van der Waals surface area contributed by atoms with Gasteiger partial charge in [-0.1, -0.05) is 6.42 Å². The fourth-order valence-corrected chi connectivity index (χ4v) is 4.24. The van der Waals surface area contributed by atoms with E-state index in [-0.39, 0.29) is 5.82 Å². The van der Waals surface area contributed by atoms with Gasteiger partial charge in [0.25, 0.3) is 0 Å². The lowest BCUT2D eigenvalue weighted by Gasteiger charge is -2.21. The number of aromatic nitrogens is 2. The molecule has 6 heteroatoms. The molecule has 2 atom stereocenters. The Balaban J connectivity index is 2.17. The molecule has 1 aromatic heterocycles. The lowest BCUT2D eigenvalue weighted by atomic mass is 10.2. The molecule has 1 aliphatic rings. The Morgan fingerprint density at radius 1 is 1.47 bits per heavy atom. The normalized spacial score (nSPS) is 23.3. The maximum absolute atomic E-state index is 13.8. The van der Waals surface area contributed by atoms with Crippen LogP contribution in [-0.4, -0.2) is 21.1 Å². The van der Waals surface area contributed by atoms with Crippen LogP contribution < -0.4 is 5.73 Å². The lowest BCUT2D eigenvalue weighted by molar-refractivity contribution is 0.548. The van der Waals surface area contributed by atoms with Crippen LogP contribution in [0.5, 0.6) is 0 Å². The molecule has 0 saturated heterocycles. The van der Waals surface area contributed by atoms with Gasteiger partial charge in [-0.2, -0.15) is 11.8 Å². The molecule has 3 nitrogen and oxygen atoms in total. The number of anilines is 1. The number of fused-ring (bicyclic) bond motifs is 1. The molecule has 19 heavy (non-hydrogen) atoms. The molecule has 0 spiro atoms. The zero-order valence-electron chi connectivity index (χ0n) is 10.6. The number of benzene rings is 1. The average Bonchev–Trinajstić information content (AvgIpc) is 2.93. The first kappa shape index (κ1) is 13.2. The van der Waals surface area contributed by atoms with Crippen molar-refractivity contribution in [1.29, 1.82) is 0 Å². The third kappa shape index (κ3) is 2.14. The molecule has 1 heterocycles. The number of nitrogens with two attached hydrogens (primary N) is 1. The van der Waals surface area contributed by atoms with E-state index in [1.807, 2.05) is 16.3 Å². The van der Waals surface area contributed by atoms with Gasteiger partial charge in [0.1, 0.15) is 5.82 Å². The quantitative estimate of drug-likeness (QED) is 0.896. The van der Waals surface area contributed by atoms with Crippen LogP contribution in [-0.2, 0) is 0 Å². The number of nitrogen functional groups attached to an aromatic ring is 1. The van der Waals surface area contributed by atoms with Gasteiger partial charge in [-0.25, -0.2) is 9.37 Å². The van der Waals surface area contributed by atoms with Crippen LogP contribution in [0, 0.1) is 5.82 Å². The Morgan fingerprint density at radius 2 is 2.26 bits per heavy atom. The predicted molar refractivity (Wildman–Crippen MR) is 82.0 cm³/mol. The lowest BCUT2D eigenvalue weighted by Crippen LogP contribution is -2.17. The number of halogens is 2. The van der Waals surface area contributed by atoms with Gasteiger partial charge in [0, 0.05) is 17.4 Å². The van der Waals surface area contributed by atoms with E-state index in [4.69, 9.17) is 5.73 Å². The Bertz CT molecular complexity index is 628. The van der Waals surface area contributed by atoms with E-state index in [1.165, 1.54) is 18.9 Å². The van der Waals surface area contributed by atoms with Crippen LogP contribution in [0.2, 0.25) is 0 Å². The van der Waals surface area contributed by atoms with Crippen molar-refractivity contribution in [2.75, 3.05) is 12.0 Å². The highest BCUT2D eigenvalue weighted by molar-refractivity contribution is 9.10. The smallest absolute Gasteiger partial charge is 0.201 e. The SMILES string of the molecule is CSC1CCCC1n1c(N)nc2cc(Br)c(F)cc21. The van der Waals surface area contributed by atoms with E-state index in [9.17, 15) is 4.39 Å². The minimum absolute atomic E-state index is 0.271. The summed E-state index contributed by atoms with van der Waals surface area (Å²) in [6.45, 7) is 0. The topological polar surface area (TPSA) is 43.8 Å². The number of hydrogen-bond acceptors (Lipinski definition) is 3. The van der Waals surface area contributed by atoms with Crippen LogP contribution >= 0.6 is 27.7 Å². The molecule has 1 aliphatic carbocycles. The molecule has 1 fully saturated rings. The standard InChI is InChI=1S/C13H15BrFN3S/c1-19-12-4-2-3-10(12)18-11-6-8(15)7(14)5-9(11)17-13(18)16/h5-6,10,12H,2-4H2,1H3,(H2,16,17). The van der Waals surface area contributed by atoms with Gasteiger partial charge < -0.3 is 10.3 Å². The van der Waals surface area contributed by atoms with Gasteiger partial charge in [0.2, 0.25) is 5.95 Å². The number of hydrogen-bond donors (Lipinski definition) is 1. The summed E-state index contributed by atoms with van der Waals surface area (Å²) in [4.78, 5) is 4.36. The van der Waals surface area contributed by atoms with Crippen molar-refractivity contribution in [3.05, 3.63) is 22.4 Å². The average molecular weight is 344 g/mol. The number of thioether (sulfide) groups is 1. The first-order valence-electron chi connectivity index (χ1n) is 6.27. The molecular formula is C13H15BrFN3S. The van der Waals surface area contributed by atoms with E-state index >= 15 is 0 Å². The number of rotatable bonds is 2. The third-order valence-corrected chi connectivity index (χ3v) is 5.57. The molecule has 2 N–H and O–H groups in total. The molecule has 0 bridgehead atoms. The monoisotopic (exact) mass is 343 g/mol. The molecule has 102 valence electrons. The second-order valence-electron chi connectivity index (χ2n) is 4.87. The van der Waals surface area contributed by atoms with Crippen molar-refractivity contribution >= 4 is 44.7 Å². The molecule has 2 aromatic rings. The highest BCUT2D eigenvalue weighted by Crippen LogP contribution is 2.40. The Kier molecular flexibility index (Phi) is 3.47. The summed E-state index contributed by atoms with van der Waals surface area (Å²) in [7, 11) is 0. The van der Waals surface area contributed by atoms with E-state index in [0.29, 0.717) is 21.7 Å². The van der Waals surface area contributed by atoms with Crippen LogP contribution in [0.15, 0.2) is 16.6 Å². The molecule has 0 radical (unpaired) electrons. The van der Waals surface area contributed by atoms with E-state index in [0.717, 1.165) is 17.5 Å². The highest BCUT2D eigenvalue weighted by atomic mass is 79.9. The van der Waals surface area contributed by atoms with Crippen LogP contribution in [0.25, 0.3) is 11.0 Å². The third-order valence-electron chi connectivity index (χ3n) is 3.81. The fraction of sp³-hybridized carbons (Fsp3) is 0.462. The van der Waals surface area contributed by atoms with Gasteiger partial charge in [-0.3, -0.25) is 0 Å². The molecular weight excluding hydrogens is 329 g/mol. The second kappa shape index (κ2) is 4.98. The van der Waals surface area contributed by atoms with E-state index < -0.39 is 0 Å². The maximum Gasteiger partial charge on any atom is 0.201 e. The minimum atomic E-state index is -0.271. The molecule has 2 unspecified atom stereocenters. The summed E-state index contributed by atoms with van der Waals surface area (Å²) in [6.07, 6.45) is 5.58. The Morgan fingerprint density at radius 3 is 3.00 bits per heavy atom. The molecule has 3 rings (SSSR count). The van der Waals surface area contributed by atoms with Crippen molar-refractivity contribution in [1.82, 2.24) is 9.55 Å². The van der Waals surface area contributed by atoms with Crippen molar-refractivity contribution in [2.24, 2.45) is 0 Å². The van der Waals surface area contributed by atoms with E-state index in [2.05, 4.69) is 27.2 Å². The van der Waals surface area contributed by atoms with Gasteiger partial charge in [0.05, 0.1) is 15.5 Å². The first-order chi connectivity index (χ1) is 9.11. The molecule has 1 aromatic carbocycles. The van der Waals surface area contributed by atoms with Gasteiger partial charge in [0.15, 0.2) is 0 Å².